The van der Waals surface area contributed by atoms with Gasteiger partial charge in [0.1, 0.15) is 5.82 Å². The van der Waals surface area contributed by atoms with Crippen LogP contribution in [0.15, 0.2) is 48.5 Å². The minimum atomic E-state index is -1.74. The van der Waals surface area contributed by atoms with Gasteiger partial charge in [-0.2, -0.15) is 0 Å². The van der Waals surface area contributed by atoms with Gasteiger partial charge in [-0.3, -0.25) is 0 Å². The van der Waals surface area contributed by atoms with Gasteiger partial charge in [0.2, 0.25) is 0 Å². The maximum Gasteiger partial charge on any atom is 0.334 e. The third kappa shape index (κ3) is 4.40. The van der Waals surface area contributed by atoms with Crippen molar-refractivity contribution in [1.82, 2.24) is 5.32 Å². The van der Waals surface area contributed by atoms with E-state index in [1.165, 1.54) is 23.8 Å². The van der Waals surface area contributed by atoms with Gasteiger partial charge in [0, 0.05) is 12.1 Å². The summed E-state index contributed by atoms with van der Waals surface area (Å²) in [6, 6.07) is 12.7. The molecule has 0 radical (unpaired) electrons. The molecule has 0 saturated heterocycles. The molecule has 4 nitrogen and oxygen atoms in total. The minimum absolute atomic E-state index is 0.131. The van der Waals surface area contributed by atoms with Crippen LogP contribution in [-0.4, -0.2) is 22.3 Å². The normalized spacial score (nSPS) is 13.7. The van der Waals surface area contributed by atoms with Gasteiger partial charge in [0.05, 0.1) is 6.04 Å². The number of benzene rings is 2. The standard InChI is InChI=1S/C19H22FNO3/c1-12(2)14-9-7-13(8-10-14)11-21-17(18(22)19(23)24)15-5-3-4-6-16(15)20/h3-10,12,17-18,21-22H,11H2,1-2H3,(H,23,24)/t17-,18+/m0/s1. The van der Waals surface area contributed by atoms with E-state index in [0.29, 0.717) is 12.5 Å². The van der Waals surface area contributed by atoms with Gasteiger partial charge in [0.25, 0.3) is 0 Å². The van der Waals surface area contributed by atoms with Crippen LogP contribution in [0.5, 0.6) is 0 Å². The fraction of sp³-hybridized carbons (Fsp3) is 0.316. The van der Waals surface area contributed by atoms with Gasteiger partial charge < -0.3 is 15.5 Å². The Bertz CT molecular complexity index is 685. The predicted molar refractivity (Wildman–Crippen MR) is 90.2 cm³/mol. The molecule has 0 heterocycles. The average Bonchev–Trinajstić information content (AvgIpc) is 2.56. The summed E-state index contributed by atoms with van der Waals surface area (Å²) in [7, 11) is 0. The molecule has 0 unspecified atom stereocenters. The zero-order chi connectivity index (χ0) is 17.7. The summed E-state index contributed by atoms with van der Waals surface area (Å²) >= 11 is 0. The topological polar surface area (TPSA) is 69.6 Å². The molecule has 0 aromatic heterocycles. The number of aliphatic carboxylic acids is 1. The summed E-state index contributed by atoms with van der Waals surface area (Å²) in [5.74, 6) is -1.52. The number of hydrogen-bond acceptors (Lipinski definition) is 3. The van der Waals surface area contributed by atoms with Crippen LogP contribution in [0.1, 0.15) is 42.5 Å². The van der Waals surface area contributed by atoms with E-state index in [1.807, 2.05) is 24.3 Å². The van der Waals surface area contributed by atoms with Gasteiger partial charge in [-0.25, -0.2) is 9.18 Å². The van der Waals surface area contributed by atoms with Crippen LogP contribution in [0.4, 0.5) is 4.39 Å². The first-order valence-electron chi connectivity index (χ1n) is 7.87. The van der Waals surface area contributed by atoms with Crippen LogP contribution in [-0.2, 0) is 11.3 Å². The van der Waals surface area contributed by atoms with Crippen molar-refractivity contribution in [2.75, 3.05) is 0 Å². The number of carbonyl (C=O) groups is 1. The molecule has 2 aromatic carbocycles. The van der Waals surface area contributed by atoms with Crippen molar-refractivity contribution in [2.24, 2.45) is 0 Å². The number of carboxylic acid groups (broad SMARTS) is 1. The Balaban J connectivity index is 2.17. The number of carboxylic acids is 1. The molecule has 2 atom stereocenters. The molecule has 0 aliphatic rings. The van der Waals surface area contributed by atoms with Crippen molar-refractivity contribution in [3.05, 3.63) is 71.0 Å². The van der Waals surface area contributed by atoms with Gasteiger partial charge >= 0.3 is 5.97 Å². The fourth-order valence-corrected chi connectivity index (χ4v) is 2.51. The van der Waals surface area contributed by atoms with Gasteiger partial charge in [-0.15, -0.1) is 0 Å². The second kappa shape index (κ2) is 8.04. The van der Waals surface area contributed by atoms with Crippen LogP contribution >= 0.6 is 0 Å². The van der Waals surface area contributed by atoms with E-state index in [4.69, 9.17) is 5.11 Å². The lowest BCUT2D eigenvalue weighted by atomic mass is 9.99. The number of hydrogen-bond donors (Lipinski definition) is 3. The highest BCUT2D eigenvalue weighted by molar-refractivity contribution is 5.73. The van der Waals surface area contributed by atoms with E-state index in [2.05, 4.69) is 19.2 Å². The number of rotatable bonds is 7. The van der Waals surface area contributed by atoms with Gasteiger partial charge in [-0.1, -0.05) is 56.3 Å². The zero-order valence-electron chi connectivity index (χ0n) is 13.7. The molecule has 128 valence electrons. The Labute approximate surface area is 141 Å². The predicted octanol–water partition coefficient (Wildman–Crippen LogP) is 3.23. The molecule has 2 rings (SSSR count). The van der Waals surface area contributed by atoms with Crippen molar-refractivity contribution in [1.29, 1.82) is 0 Å². The van der Waals surface area contributed by atoms with E-state index in [-0.39, 0.29) is 5.56 Å². The largest absolute Gasteiger partial charge is 0.479 e. The Morgan fingerprint density at radius 2 is 1.75 bits per heavy atom. The van der Waals surface area contributed by atoms with Crippen molar-refractivity contribution in [2.45, 2.75) is 38.5 Å². The molecule has 0 bridgehead atoms. The van der Waals surface area contributed by atoms with Crippen LogP contribution in [0.3, 0.4) is 0 Å². The van der Waals surface area contributed by atoms with E-state index in [9.17, 15) is 14.3 Å². The minimum Gasteiger partial charge on any atom is -0.479 e. The summed E-state index contributed by atoms with van der Waals surface area (Å²) in [5.41, 5.74) is 2.26. The summed E-state index contributed by atoms with van der Waals surface area (Å²) in [4.78, 5) is 11.1. The Morgan fingerprint density at radius 3 is 2.29 bits per heavy atom. The molecule has 24 heavy (non-hydrogen) atoms. The molecule has 2 aromatic rings. The first kappa shape index (κ1) is 18.1. The van der Waals surface area contributed by atoms with Crippen LogP contribution in [0.25, 0.3) is 0 Å². The van der Waals surface area contributed by atoms with Gasteiger partial charge in [0.15, 0.2) is 6.10 Å². The molecule has 0 saturated carbocycles. The van der Waals surface area contributed by atoms with Crippen molar-refractivity contribution in [3.8, 4) is 0 Å². The average molecular weight is 331 g/mol. The summed E-state index contributed by atoms with van der Waals surface area (Å²) < 4.78 is 14.0. The maximum atomic E-state index is 14.0. The lowest BCUT2D eigenvalue weighted by Gasteiger charge is -2.22. The molecule has 0 aliphatic heterocycles. The maximum absolute atomic E-state index is 14.0. The molecular formula is C19H22FNO3. The summed E-state index contributed by atoms with van der Waals surface area (Å²) in [5, 5.41) is 22.0. The second-order valence-corrected chi connectivity index (χ2v) is 6.06. The van der Waals surface area contributed by atoms with Crippen LogP contribution in [0, 0.1) is 5.82 Å². The quantitative estimate of drug-likeness (QED) is 0.728. The number of halogens is 1. The van der Waals surface area contributed by atoms with E-state index < -0.39 is 23.9 Å². The lowest BCUT2D eigenvalue weighted by Crippen LogP contribution is -2.37. The molecule has 5 heteroatoms. The Hall–Kier alpha value is -2.24. The highest BCUT2D eigenvalue weighted by Gasteiger charge is 2.28. The number of nitrogens with one attached hydrogen (secondary N) is 1. The molecular weight excluding hydrogens is 309 g/mol. The SMILES string of the molecule is CC(C)c1ccc(CN[C@@H](c2ccccc2F)[C@@H](O)C(=O)O)cc1. The molecule has 0 fully saturated rings. The second-order valence-electron chi connectivity index (χ2n) is 6.06. The van der Waals surface area contributed by atoms with E-state index in [0.717, 1.165) is 5.56 Å². The monoisotopic (exact) mass is 331 g/mol. The van der Waals surface area contributed by atoms with Crippen molar-refractivity contribution < 1.29 is 19.4 Å². The molecule has 0 amide bonds. The van der Waals surface area contributed by atoms with Crippen LogP contribution in [0.2, 0.25) is 0 Å². The highest BCUT2D eigenvalue weighted by Crippen LogP contribution is 2.22. The third-order valence-corrected chi connectivity index (χ3v) is 3.98. The summed E-state index contributed by atoms with van der Waals surface area (Å²) in [6.45, 7) is 4.52. The zero-order valence-corrected chi connectivity index (χ0v) is 13.7. The Morgan fingerprint density at radius 1 is 1.12 bits per heavy atom. The van der Waals surface area contributed by atoms with Crippen molar-refractivity contribution >= 4 is 5.97 Å². The molecule has 0 spiro atoms. The van der Waals surface area contributed by atoms with E-state index >= 15 is 0 Å². The lowest BCUT2D eigenvalue weighted by molar-refractivity contribution is -0.148. The number of aliphatic hydroxyl groups excluding tert-OH is 1. The Kier molecular flexibility index (Phi) is 6.06. The molecule has 0 aliphatic carbocycles. The third-order valence-electron chi connectivity index (χ3n) is 3.98. The smallest absolute Gasteiger partial charge is 0.334 e. The number of aliphatic hydroxyl groups is 1. The first-order chi connectivity index (χ1) is 11.4. The fourth-order valence-electron chi connectivity index (χ4n) is 2.51. The van der Waals surface area contributed by atoms with Crippen molar-refractivity contribution in [3.63, 3.8) is 0 Å². The van der Waals surface area contributed by atoms with Crippen LogP contribution < -0.4 is 5.32 Å². The molecule has 3 N–H and O–H groups in total. The van der Waals surface area contributed by atoms with Gasteiger partial charge in [-0.05, 0) is 23.1 Å². The highest BCUT2D eigenvalue weighted by atomic mass is 19.1. The van der Waals surface area contributed by atoms with E-state index in [1.54, 1.807) is 6.07 Å². The first-order valence-corrected chi connectivity index (χ1v) is 7.87. The summed E-state index contributed by atoms with van der Waals surface area (Å²) in [6.07, 6.45) is -1.74.